The number of nitroso groups, excluding NO2 is 1. The molecule has 0 aliphatic carbocycles. The average molecular weight is 830 g/mol. The van der Waals surface area contributed by atoms with Gasteiger partial charge >= 0.3 is 24.1 Å². The van der Waals surface area contributed by atoms with E-state index in [1.807, 2.05) is 0 Å². The van der Waals surface area contributed by atoms with E-state index in [0.29, 0.717) is 36.6 Å². The number of aromatic nitrogens is 2. The molecule has 1 aromatic heterocycles. The Kier molecular flexibility index (Phi) is 12.9. The number of alkyl halides is 3. The molecule has 0 spiro atoms. The van der Waals surface area contributed by atoms with Gasteiger partial charge in [-0.3, -0.25) is 28.9 Å². The van der Waals surface area contributed by atoms with E-state index in [1.54, 1.807) is 4.90 Å². The van der Waals surface area contributed by atoms with Crippen molar-refractivity contribution in [3.63, 3.8) is 0 Å². The fourth-order valence-corrected chi connectivity index (χ4v) is 8.11. The van der Waals surface area contributed by atoms with E-state index in [9.17, 15) is 61.5 Å². The molecule has 0 radical (unpaired) electrons. The van der Waals surface area contributed by atoms with Crippen LogP contribution in [0.3, 0.4) is 0 Å². The van der Waals surface area contributed by atoms with Crippen molar-refractivity contribution in [1.82, 2.24) is 35.1 Å². The van der Waals surface area contributed by atoms with Crippen LogP contribution < -0.4 is 21.3 Å². The second kappa shape index (κ2) is 17.2. The van der Waals surface area contributed by atoms with E-state index < -0.39 is 95.8 Å². The van der Waals surface area contributed by atoms with Gasteiger partial charge in [0.15, 0.2) is 5.82 Å². The number of allylic oxidation sites excluding steroid dienone is 1. The summed E-state index contributed by atoms with van der Waals surface area (Å²) in [4.78, 5) is 118. The molecule has 0 bridgehead atoms. The maximum atomic E-state index is 13.2. The fraction of sp³-hybridized carbons (Fsp3) is 0.548. The predicted molar refractivity (Wildman–Crippen MR) is 186 cm³/mol. The molecule has 5 rings (SSSR count). The zero-order chi connectivity index (χ0) is 41.1. The molecule has 5 N–H and O–H groups in total. The molecule has 0 saturated carbocycles. The molecule has 25 heteroatoms. The van der Waals surface area contributed by atoms with Gasteiger partial charge in [-0.05, 0) is 42.1 Å². The van der Waals surface area contributed by atoms with Crippen LogP contribution in [0.5, 0.6) is 0 Å². The summed E-state index contributed by atoms with van der Waals surface area (Å²) < 4.78 is 45.0. The summed E-state index contributed by atoms with van der Waals surface area (Å²) in [6, 6.07) is -4.72. The first-order valence-corrected chi connectivity index (χ1v) is 18.7. The quantitative estimate of drug-likeness (QED) is 0.0547. The number of anilines is 1. The molecule has 4 aliphatic heterocycles. The number of halogens is 3. The highest BCUT2D eigenvalue weighted by atomic mass is 32.2. The van der Waals surface area contributed by atoms with Crippen molar-refractivity contribution in [1.29, 1.82) is 0 Å². The van der Waals surface area contributed by atoms with Crippen LogP contribution >= 0.6 is 23.3 Å². The third-order valence-corrected chi connectivity index (χ3v) is 11.0. The van der Waals surface area contributed by atoms with Gasteiger partial charge in [0.1, 0.15) is 23.2 Å². The number of aliphatic carboxylic acids is 1. The first-order chi connectivity index (χ1) is 26.4. The lowest BCUT2D eigenvalue weighted by Gasteiger charge is -2.49. The maximum absolute atomic E-state index is 13.2. The minimum Gasteiger partial charge on any atom is -0.477 e. The smallest absolute Gasteiger partial charge is 0.477 e. The van der Waals surface area contributed by atoms with Crippen molar-refractivity contribution in [2.75, 3.05) is 30.7 Å². The number of thioether (sulfide) groups is 1. The number of amides is 5. The number of nitrogens with one attached hydrogen (secondary N) is 4. The lowest BCUT2D eigenvalue weighted by atomic mass is 10.0. The number of ether oxygens (including phenoxy) is 1. The van der Waals surface area contributed by atoms with Gasteiger partial charge in [0.05, 0.1) is 0 Å². The van der Waals surface area contributed by atoms with Crippen molar-refractivity contribution in [2.24, 2.45) is 11.1 Å². The van der Waals surface area contributed by atoms with Crippen molar-refractivity contribution >= 4 is 75.9 Å². The largest absolute Gasteiger partial charge is 0.491 e. The van der Waals surface area contributed by atoms with Crippen LogP contribution in [0.2, 0.25) is 0 Å². The summed E-state index contributed by atoms with van der Waals surface area (Å²) in [7, 11) is 0. The molecule has 2 unspecified atom stereocenters. The number of β-lactam (4-membered cyclic amide) rings is 1. The number of fused-ring (bicyclic) bond motifs is 1. The third-order valence-electron chi connectivity index (χ3n) is 9.01. The van der Waals surface area contributed by atoms with E-state index in [0.717, 1.165) is 29.6 Å². The van der Waals surface area contributed by atoms with Crippen molar-refractivity contribution in [2.45, 2.75) is 75.2 Å². The number of carboxylic acids is 1. The van der Waals surface area contributed by atoms with Crippen LogP contribution in [0.25, 0.3) is 0 Å². The molecule has 5 atom stereocenters. The number of rotatable bonds is 14. The van der Waals surface area contributed by atoms with Crippen molar-refractivity contribution in [3.05, 3.63) is 33.7 Å². The van der Waals surface area contributed by atoms with Crippen LogP contribution in [0.15, 0.2) is 28.1 Å². The monoisotopic (exact) mass is 829 g/mol. The molecular weight excluding hydrogens is 796 g/mol. The highest BCUT2D eigenvalue weighted by Gasteiger charge is 2.55. The summed E-state index contributed by atoms with van der Waals surface area (Å²) in [6.07, 6.45) is -3.80. The molecule has 5 amide bonds. The number of carbonyl (C=O) groups is 8. The van der Waals surface area contributed by atoms with Gasteiger partial charge in [-0.2, -0.15) is 17.5 Å². The molecule has 20 nitrogen and oxygen atoms in total. The first-order valence-electron chi connectivity index (χ1n) is 16.9. The van der Waals surface area contributed by atoms with Gasteiger partial charge in [-0.15, -0.1) is 16.7 Å². The third kappa shape index (κ3) is 9.21. The lowest BCUT2D eigenvalue weighted by Crippen LogP contribution is -2.70. The van der Waals surface area contributed by atoms with Crippen LogP contribution in [0.4, 0.5) is 18.3 Å². The number of hydrogen-bond donors (Lipinski definition) is 5. The normalized spacial score (nSPS) is 22.7. The molecule has 56 heavy (non-hydrogen) atoms. The molecule has 3 saturated heterocycles. The molecule has 3 fully saturated rings. The van der Waals surface area contributed by atoms with Crippen LogP contribution in [-0.2, 0) is 43.1 Å². The van der Waals surface area contributed by atoms with E-state index in [-0.39, 0.29) is 34.1 Å². The summed E-state index contributed by atoms with van der Waals surface area (Å²) in [5.41, 5.74) is 0.375. The van der Waals surface area contributed by atoms with Gasteiger partial charge < -0.3 is 36.0 Å². The van der Waals surface area contributed by atoms with Gasteiger partial charge in [-0.1, -0.05) is 13.8 Å². The average Bonchev–Trinajstić information content (AvgIpc) is 3.90. The lowest BCUT2D eigenvalue weighted by molar-refractivity contribution is -0.202. The minimum atomic E-state index is -5.44. The highest BCUT2D eigenvalue weighted by molar-refractivity contribution is 8.00. The number of likely N-dealkylation sites (tertiary alicyclic amines) is 1. The van der Waals surface area contributed by atoms with E-state index in [2.05, 4.69) is 40.5 Å². The zero-order valence-corrected chi connectivity index (χ0v) is 31.0. The van der Waals surface area contributed by atoms with Gasteiger partial charge in [0.2, 0.25) is 28.9 Å². The Morgan fingerprint density at radius 3 is 2.48 bits per heavy atom. The number of esters is 2. The SMILES string of the molecule is CC(C)[C@H](NC(=O)CCC(=O)Nc1nc(C(N=O)C(=O)N[C@@H]2C(=O)N3C(C(=O)O)=C(C=C4CCN(C5CCNC5)C4=O)CS[C@H]23)ns1)C(=O)OC(=O)C(F)(F)F. The Morgan fingerprint density at radius 1 is 1.14 bits per heavy atom. The van der Waals surface area contributed by atoms with Gasteiger partial charge in [0.25, 0.3) is 11.8 Å². The van der Waals surface area contributed by atoms with Crippen LogP contribution in [-0.4, -0.2) is 127 Å². The van der Waals surface area contributed by atoms with E-state index in [4.69, 9.17) is 0 Å². The molecule has 4 aliphatic rings. The van der Waals surface area contributed by atoms with Crippen LogP contribution in [0.1, 0.15) is 51.4 Å². The molecule has 1 aromatic rings. The summed E-state index contributed by atoms with van der Waals surface area (Å²) in [5, 5.41) is 21.7. The highest BCUT2D eigenvalue weighted by Crippen LogP contribution is 2.41. The minimum absolute atomic E-state index is 0.0519. The van der Waals surface area contributed by atoms with E-state index >= 15 is 0 Å². The van der Waals surface area contributed by atoms with E-state index in [1.165, 1.54) is 19.9 Å². The predicted octanol–water partition coefficient (Wildman–Crippen LogP) is 0.0964. The Morgan fingerprint density at radius 2 is 1.86 bits per heavy atom. The summed E-state index contributed by atoms with van der Waals surface area (Å²) >= 11 is 1.68. The van der Waals surface area contributed by atoms with Crippen molar-refractivity contribution < 1.29 is 61.4 Å². The number of carboxylic acid groups (broad SMARTS) is 1. The summed E-state index contributed by atoms with van der Waals surface area (Å²) in [5.74, 6) is -10.8. The second-order valence-corrected chi connectivity index (χ2v) is 15.0. The Hall–Kier alpha value is -5.30. The zero-order valence-electron chi connectivity index (χ0n) is 29.4. The standard InChI is InChI=1S/C31H34F3N9O11S2/c1-12(2)18(28(51)54-29(52)31(32,33)34)36-16(44)3-4-17(45)37-30-39-22(41-56-30)19(40-53)23(46)38-20-25(48)43-21(27(49)50)14(11-55-26(20)43)9-13-6-8-42(24(13)47)15-5-7-35-10-15/h9,12,15,18-20,26,35H,3-8,10-11H2,1-2H3,(H,36,44)(H,38,46)(H,49,50)(H,37,39,41,45)/t15?,18-,19?,20+,26+/m0/s1. The Labute approximate surface area is 322 Å². The van der Waals surface area contributed by atoms with Gasteiger partial charge in [-0.25, -0.2) is 19.4 Å². The Balaban J connectivity index is 1.14. The molecule has 302 valence electrons. The van der Waals surface area contributed by atoms with Crippen molar-refractivity contribution in [3.8, 4) is 0 Å². The fourth-order valence-electron chi connectivity index (χ4n) is 6.19. The molecular formula is C31H34F3N9O11S2. The molecule has 0 aromatic carbocycles. The number of nitrogens with zero attached hydrogens (tertiary/aromatic N) is 5. The first kappa shape index (κ1) is 41.9. The summed E-state index contributed by atoms with van der Waals surface area (Å²) in [6.45, 7) is 4.69. The number of hydrogen-bond acceptors (Lipinski definition) is 16. The maximum Gasteiger partial charge on any atom is 0.491 e. The second-order valence-electron chi connectivity index (χ2n) is 13.1. The van der Waals surface area contributed by atoms with Gasteiger partial charge in [0, 0.05) is 54.8 Å². The number of carbonyl (C=O) groups excluding carboxylic acids is 7. The topological polar surface area (TPSA) is 276 Å². The van der Waals surface area contributed by atoms with Crippen LogP contribution in [0, 0.1) is 10.8 Å². The Bertz CT molecular complexity index is 1900. The molecule has 5 heterocycles.